The molecule has 0 N–H and O–H groups in total. The fraction of sp³-hybridized carbons (Fsp3) is 0.333. The van der Waals surface area contributed by atoms with E-state index < -0.39 is 0 Å². The van der Waals surface area contributed by atoms with E-state index >= 15 is 0 Å². The zero-order valence-electron chi connectivity index (χ0n) is 5.95. The third kappa shape index (κ3) is 0.948. The minimum Gasteiger partial charge on any atom is -0.123 e. The maximum Gasteiger partial charge on any atom is 0.0372 e. The lowest BCUT2D eigenvalue weighted by atomic mass is 10.0. The number of hydrogen-bond acceptors (Lipinski definition) is 1. The first kappa shape index (κ1) is 6.29. The Balaban J connectivity index is 2.24. The summed E-state index contributed by atoms with van der Waals surface area (Å²) in [6.07, 6.45) is 11.2. The van der Waals surface area contributed by atoms with Gasteiger partial charge in [-0.15, -0.1) is 11.8 Å². The summed E-state index contributed by atoms with van der Waals surface area (Å²) in [4.78, 5) is 1.46. The normalized spacial score (nSPS) is 35.9. The van der Waals surface area contributed by atoms with Crippen LogP contribution in [-0.4, -0.2) is 5.25 Å². The van der Waals surface area contributed by atoms with Crippen molar-refractivity contribution >= 4 is 11.8 Å². The number of rotatable bonds is 0. The van der Waals surface area contributed by atoms with Gasteiger partial charge in [-0.05, 0) is 11.8 Å². The van der Waals surface area contributed by atoms with Gasteiger partial charge in [-0.1, -0.05) is 30.4 Å². The number of fused-ring (bicyclic) bond motifs is 1. The monoisotopic (exact) mass is 150 g/mol. The van der Waals surface area contributed by atoms with E-state index in [4.69, 9.17) is 0 Å². The van der Waals surface area contributed by atoms with Gasteiger partial charge in [-0.25, -0.2) is 0 Å². The summed E-state index contributed by atoms with van der Waals surface area (Å²) in [7, 11) is 0. The van der Waals surface area contributed by atoms with Crippen LogP contribution in [0.1, 0.15) is 6.92 Å². The van der Waals surface area contributed by atoms with Gasteiger partial charge < -0.3 is 0 Å². The molecule has 1 aliphatic carbocycles. The Morgan fingerprint density at radius 2 is 2.10 bits per heavy atom. The molecule has 0 aromatic heterocycles. The first-order valence-corrected chi connectivity index (χ1v) is 4.44. The molecule has 2 unspecified atom stereocenters. The molecular formula is C9H10S. The first-order valence-electron chi connectivity index (χ1n) is 3.56. The van der Waals surface area contributed by atoms with Gasteiger partial charge in [-0.2, -0.15) is 0 Å². The van der Waals surface area contributed by atoms with Crippen molar-refractivity contribution < 1.29 is 0 Å². The van der Waals surface area contributed by atoms with Crippen molar-refractivity contribution in [1.82, 2.24) is 0 Å². The highest BCUT2D eigenvalue weighted by atomic mass is 32.2. The Kier molecular flexibility index (Phi) is 1.46. The molecule has 10 heavy (non-hydrogen) atoms. The van der Waals surface area contributed by atoms with Crippen molar-refractivity contribution in [3.63, 3.8) is 0 Å². The second-order valence-electron chi connectivity index (χ2n) is 2.71. The molecule has 0 saturated carbocycles. The zero-order chi connectivity index (χ0) is 6.97. The third-order valence-electron chi connectivity index (χ3n) is 1.87. The highest BCUT2D eigenvalue weighted by molar-refractivity contribution is 8.04. The first-order chi connectivity index (χ1) is 4.86. The van der Waals surface area contributed by atoms with Crippen molar-refractivity contribution in [2.24, 2.45) is 5.92 Å². The summed E-state index contributed by atoms with van der Waals surface area (Å²) in [6, 6.07) is 0. The van der Waals surface area contributed by atoms with Gasteiger partial charge in [0.2, 0.25) is 0 Å². The quantitative estimate of drug-likeness (QED) is 0.511. The summed E-state index contributed by atoms with van der Waals surface area (Å²) >= 11 is 1.97. The summed E-state index contributed by atoms with van der Waals surface area (Å²) in [5.41, 5.74) is 0. The van der Waals surface area contributed by atoms with Crippen LogP contribution in [-0.2, 0) is 0 Å². The largest absolute Gasteiger partial charge is 0.123 e. The van der Waals surface area contributed by atoms with Crippen LogP contribution in [0.5, 0.6) is 0 Å². The molecule has 2 atom stereocenters. The van der Waals surface area contributed by atoms with Crippen molar-refractivity contribution in [1.29, 1.82) is 0 Å². The van der Waals surface area contributed by atoms with E-state index in [0.29, 0.717) is 11.2 Å². The van der Waals surface area contributed by atoms with E-state index in [2.05, 4.69) is 37.3 Å². The van der Waals surface area contributed by atoms with Crippen LogP contribution >= 0.6 is 11.8 Å². The molecule has 0 spiro atoms. The standard InChI is InChI=1S/C9H10S/c1-7-6-8-4-2-3-5-9(8)10-7/h2-6,8-9H,1H3. The van der Waals surface area contributed by atoms with Crippen molar-refractivity contribution in [2.75, 3.05) is 0 Å². The lowest BCUT2D eigenvalue weighted by Gasteiger charge is -2.12. The second kappa shape index (κ2) is 2.31. The fourth-order valence-corrected chi connectivity index (χ4v) is 2.56. The maximum absolute atomic E-state index is 2.34. The van der Waals surface area contributed by atoms with Crippen LogP contribution in [0.2, 0.25) is 0 Å². The predicted octanol–water partition coefficient (Wildman–Crippen LogP) is 2.75. The molecule has 1 heterocycles. The molecule has 0 radical (unpaired) electrons. The topological polar surface area (TPSA) is 0 Å². The van der Waals surface area contributed by atoms with E-state index in [1.54, 1.807) is 0 Å². The molecule has 1 aliphatic heterocycles. The summed E-state index contributed by atoms with van der Waals surface area (Å²) in [5.74, 6) is 0.676. The van der Waals surface area contributed by atoms with Crippen LogP contribution in [0.4, 0.5) is 0 Å². The van der Waals surface area contributed by atoms with Crippen LogP contribution in [0.15, 0.2) is 35.3 Å². The lowest BCUT2D eigenvalue weighted by Crippen LogP contribution is -2.07. The smallest absolute Gasteiger partial charge is 0.0372 e. The van der Waals surface area contributed by atoms with Gasteiger partial charge in [0.05, 0.1) is 0 Å². The molecular weight excluding hydrogens is 140 g/mol. The molecule has 0 nitrogen and oxygen atoms in total. The third-order valence-corrected chi connectivity index (χ3v) is 3.13. The van der Waals surface area contributed by atoms with E-state index in [-0.39, 0.29) is 0 Å². The Labute approximate surface area is 65.7 Å². The average molecular weight is 150 g/mol. The average Bonchev–Trinajstić information content (AvgIpc) is 2.27. The Morgan fingerprint density at radius 1 is 1.30 bits per heavy atom. The van der Waals surface area contributed by atoms with Crippen molar-refractivity contribution in [3.05, 3.63) is 35.3 Å². The highest BCUT2D eigenvalue weighted by Gasteiger charge is 2.22. The molecule has 52 valence electrons. The summed E-state index contributed by atoms with van der Waals surface area (Å²) in [6.45, 7) is 2.19. The van der Waals surface area contributed by atoms with Gasteiger partial charge in [0, 0.05) is 11.2 Å². The Bertz CT molecular complexity index is 223. The van der Waals surface area contributed by atoms with Crippen LogP contribution in [0.25, 0.3) is 0 Å². The molecule has 2 rings (SSSR count). The molecule has 2 aliphatic rings. The summed E-state index contributed by atoms with van der Waals surface area (Å²) in [5, 5.41) is 0.699. The van der Waals surface area contributed by atoms with Crippen molar-refractivity contribution in [3.8, 4) is 0 Å². The van der Waals surface area contributed by atoms with E-state index in [9.17, 15) is 0 Å². The minimum absolute atomic E-state index is 0.676. The highest BCUT2D eigenvalue weighted by Crippen LogP contribution is 2.38. The van der Waals surface area contributed by atoms with E-state index in [0.717, 1.165) is 0 Å². The predicted molar refractivity (Wildman–Crippen MR) is 46.9 cm³/mol. The maximum atomic E-state index is 2.34. The van der Waals surface area contributed by atoms with E-state index in [1.165, 1.54) is 4.91 Å². The zero-order valence-corrected chi connectivity index (χ0v) is 6.77. The van der Waals surface area contributed by atoms with Crippen LogP contribution in [0, 0.1) is 5.92 Å². The number of thioether (sulfide) groups is 1. The van der Waals surface area contributed by atoms with Gasteiger partial charge in [0.1, 0.15) is 0 Å². The van der Waals surface area contributed by atoms with Gasteiger partial charge >= 0.3 is 0 Å². The Hall–Kier alpha value is -0.430. The molecule has 0 aromatic rings. The molecule has 0 bridgehead atoms. The fourth-order valence-electron chi connectivity index (χ4n) is 1.40. The lowest BCUT2D eigenvalue weighted by molar-refractivity contribution is 0.855. The molecule has 0 saturated heterocycles. The number of hydrogen-bond donors (Lipinski definition) is 0. The second-order valence-corrected chi connectivity index (χ2v) is 4.13. The van der Waals surface area contributed by atoms with Crippen LogP contribution < -0.4 is 0 Å². The minimum atomic E-state index is 0.676. The summed E-state index contributed by atoms with van der Waals surface area (Å²) < 4.78 is 0. The molecule has 0 aromatic carbocycles. The molecule has 0 fully saturated rings. The molecule has 0 amide bonds. The van der Waals surface area contributed by atoms with Crippen molar-refractivity contribution in [2.45, 2.75) is 12.2 Å². The van der Waals surface area contributed by atoms with E-state index in [1.807, 2.05) is 11.8 Å². The molecule has 1 heteroatoms. The number of allylic oxidation sites excluding steroid dienone is 5. The van der Waals surface area contributed by atoms with Crippen LogP contribution in [0.3, 0.4) is 0 Å². The Morgan fingerprint density at radius 3 is 2.90 bits per heavy atom. The van der Waals surface area contributed by atoms with Gasteiger partial charge in [0.25, 0.3) is 0 Å². The SMILES string of the molecule is CC1=CC2C=CC=CC2S1. The van der Waals surface area contributed by atoms with Gasteiger partial charge in [-0.3, -0.25) is 0 Å². The van der Waals surface area contributed by atoms with Gasteiger partial charge in [0.15, 0.2) is 0 Å².